The van der Waals surface area contributed by atoms with Gasteiger partial charge in [0, 0.05) is 18.8 Å². The van der Waals surface area contributed by atoms with Gasteiger partial charge in [0.1, 0.15) is 5.82 Å². The van der Waals surface area contributed by atoms with Crippen LogP contribution in [0.4, 0.5) is 10.1 Å². The molecule has 20 heavy (non-hydrogen) atoms. The third-order valence-electron chi connectivity index (χ3n) is 4.57. The maximum Gasteiger partial charge on any atom is 0.123 e. The quantitative estimate of drug-likeness (QED) is 0.854. The second-order valence-corrected chi connectivity index (χ2v) is 5.93. The normalized spacial score (nSPS) is 20.6. The van der Waals surface area contributed by atoms with Crippen LogP contribution in [0.15, 0.2) is 24.3 Å². The number of piperidine rings is 1. The average molecular weight is 278 g/mol. The molecule has 0 amide bonds. The molecular weight excluding hydrogens is 251 g/mol. The summed E-state index contributed by atoms with van der Waals surface area (Å²) in [5, 5.41) is 3.50. The van der Waals surface area contributed by atoms with E-state index >= 15 is 0 Å². The lowest BCUT2D eigenvalue weighted by Crippen LogP contribution is -2.35. The van der Waals surface area contributed by atoms with Crippen LogP contribution in [-0.4, -0.2) is 26.2 Å². The second kappa shape index (κ2) is 7.63. The van der Waals surface area contributed by atoms with Crippen LogP contribution in [0.5, 0.6) is 0 Å². The molecule has 1 heterocycles. The number of nitrogens with zero attached hydrogens (tertiary/aromatic N) is 1. The third-order valence-corrected chi connectivity index (χ3v) is 4.57. The molecule has 0 aromatic heterocycles. The number of anilines is 1. The number of rotatable bonds is 6. The standard InChI is InChI=1S/C17H27FN2/c1-3-20(17-8-6-16(18)7-9-17)12-10-14(2)15-5-4-11-19-13-15/h6-9,14-15,19H,3-5,10-13H2,1-2H3. The molecule has 1 fully saturated rings. The topological polar surface area (TPSA) is 15.3 Å². The molecule has 0 bridgehead atoms. The van der Waals surface area contributed by atoms with Crippen molar-refractivity contribution in [3.05, 3.63) is 30.1 Å². The number of hydrogen-bond acceptors (Lipinski definition) is 2. The van der Waals surface area contributed by atoms with Crippen LogP contribution in [0.3, 0.4) is 0 Å². The molecule has 2 unspecified atom stereocenters. The van der Waals surface area contributed by atoms with Crippen molar-refractivity contribution in [1.29, 1.82) is 0 Å². The van der Waals surface area contributed by atoms with E-state index in [1.807, 2.05) is 12.1 Å². The minimum absolute atomic E-state index is 0.161. The van der Waals surface area contributed by atoms with Gasteiger partial charge in [0.15, 0.2) is 0 Å². The van der Waals surface area contributed by atoms with Crippen molar-refractivity contribution in [2.45, 2.75) is 33.1 Å². The van der Waals surface area contributed by atoms with Crippen LogP contribution < -0.4 is 10.2 Å². The van der Waals surface area contributed by atoms with Crippen LogP contribution >= 0.6 is 0 Å². The molecule has 1 aliphatic rings. The van der Waals surface area contributed by atoms with Gasteiger partial charge in [0.25, 0.3) is 0 Å². The Morgan fingerprint density at radius 2 is 2.10 bits per heavy atom. The Morgan fingerprint density at radius 1 is 1.35 bits per heavy atom. The first-order chi connectivity index (χ1) is 9.70. The van der Waals surface area contributed by atoms with E-state index < -0.39 is 0 Å². The summed E-state index contributed by atoms with van der Waals surface area (Å²) in [5.74, 6) is 1.40. The predicted octanol–water partition coefficient (Wildman–Crippen LogP) is 3.68. The Morgan fingerprint density at radius 3 is 2.70 bits per heavy atom. The zero-order valence-electron chi connectivity index (χ0n) is 12.7. The van der Waals surface area contributed by atoms with Crippen LogP contribution in [0.25, 0.3) is 0 Å². The Balaban J connectivity index is 1.85. The minimum Gasteiger partial charge on any atom is -0.372 e. The number of halogens is 1. The van der Waals surface area contributed by atoms with Gasteiger partial charge in [-0.25, -0.2) is 4.39 Å². The van der Waals surface area contributed by atoms with E-state index in [0.29, 0.717) is 0 Å². The van der Waals surface area contributed by atoms with Crippen molar-refractivity contribution < 1.29 is 4.39 Å². The molecule has 1 N–H and O–H groups in total. The molecule has 112 valence electrons. The summed E-state index contributed by atoms with van der Waals surface area (Å²) in [5.41, 5.74) is 1.13. The molecule has 1 aliphatic heterocycles. The lowest BCUT2D eigenvalue weighted by Gasteiger charge is -2.31. The zero-order chi connectivity index (χ0) is 14.4. The zero-order valence-corrected chi connectivity index (χ0v) is 12.7. The number of nitrogens with one attached hydrogen (secondary N) is 1. The van der Waals surface area contributed by atoms with Gasteiger partial charge >= 0.3 is 0 Å². The van der Waals surface area contributed by atoms with E-state index in [9.17, 15) is 4.39 Å². The molecule has 1 saturated heterocycles. The third kappa shape index (κ3) is 4.20. The van der Waals surface area contributed by atoms with Gasteiger partial charge in [-0.3, -0.25) is 0 Å². The fraction of sp³-hybridized carbons (Fsp3) is 0.647. The van der Waals surface area contributed by atoms with Crippen LogP contribution in [-0.2, 0) is 0 Å². The molecule has 2 rings (SSSR count). The first kappa shape index (κ1) is 15.3. The maximum absolute atomic E-state index is 13.0. The van der Waals surface area contributed by atoms with E-state index in [1.54, 1.807) is 12.1 Å². The first-order valence-corrected chi connectivity index (χ1v) is 7.92. The molecule has 2 nitrogen and oxygen atoms in total. The summed E-state index contributed by atoms with van der Waals surface area (Å²) in [4.78, 5) is 2.34. The second-order valence-electron chi connectivity index (χ2n) is 5.93. The van der Waals surface area contributed by atoms with Crippen LogP contribution in [0.1, 0.15) is 33.1 Å². The summed E-state index contributed by atoms with van der Waals surface area (Å²) >= 11 is 0. The van der Waals surface area contributed by atoms with Crippen molar-refractivity contribution in [3.8, 4) is 0 Å². The van der Waals surface area contributed by atoms with Crippen molar-refractivity contribution in [1.82, 2.24) is 5.32 Å². The molecule has 3 heteroatoms. The highest BCUT2D eigenvalue weighted by Crippen LogP contribution is 2.24. The van der Waals surface area contributed by atoms with Gasteiger partial charge < -0.3 is 10.2 Å². The largest absolute Gasteiger partial charge is 0.372 e. The van der Waals surface area contributed by atoms with Gasteiger partial charge in [-0.15, -0.1) is 0 Å². The van der Waals surface area contributed by atoms with Crippen molar-refractivity contribution >= 4 is 5.69 Å². The Bertz CT molecular complexity index is 384. The van der Waals surface area contributed by atoms with Crippen molar-refractivity contribution in [2.24, 2.45) is 11.8 Å². The predicted molar refractivity (Wildman–Crippen MR) is 83.7 cm³/mol. The summed E-state index contributed by atoms with van der Waals surface area (Å²) in [6.45, 7) is 8.91. The summed E-state index contributed by atoms with van der Waals surface area (Å²) in [7, 11) is 0. The highest BCUT2D eigenvalue weighted by Gasteiger charge is 2.20. The highest BCUT2D eigenvalue weighted by molar-refractivity contribution is 5.45. The van der Waals surface area contributed by atoms with Gasteiger partial charge in [-0.05, 0) is 75.4 Å². The van der Waals surface area contributed by atoms with Crippen LogP contribution in [0, 0.1) is 17.7 Å². The number of benzene rings is 1. The smallest absolute Gasteiger partial charge is 0.123 e. The van der Waals surface area contributed by atoms with Gasteiger partial charge in [0.2, 0.25) is 0 Å². The Hall–Kier alpha value is -1.09. The van der Waals surface area contributed by atoms with Crippen LogP contribution in [0.2, 0.25) is 0 Å². The molecule has 1 aromatic rings. The van der Waals surface area contributed by atoms with Gasteiger partial charge in [-0.2, -0.15) is 0 Å². The Kier molecular flexibility index (Phi) is 5.84. The van der Waals surface area contributed by atoms with Gasteiger partial charge in [0.05, 0.1) is 0 Å². The highest BCUT2D eigenvalue weighted by atomic mass is 19.1. The fourth-order valence-corrected chi connectivity index (χ4v) is 3.08. The van der Waals surface area contributed by atoms with Crippen molar-refractivity contribution in [2.75, 3.05) is 31.1 Å². The molecular formula is C17H27FN2. The molecule has 1 aromatic carbocycles. The molecule has 2 atom stereocenters. The lowest BCUT2D eigenvalue weighted by atomic mass is 9.85. The van der Waals surface area contributed by atoms with E-state index in [2.05, 4.69) is 24.1 Å². The Labute approximate surface area is 122 Å². The molecule has 0 spiro atoms. The van der Waals surface area contributed by atoms with E-state index in [0.717, 1.165) is 30.6 Å². The average Bonchev–Trinajstić information content (AvgIpc) is 2.50. The van der Waals surface area contributed by atoms with E-state index in [4.69, 9.17) is 0 Å². The molecule has 0 aliphatic carbocycles. The monoisotopic (exact) mass is 278 g/mol. The maximum atomic E-state index is 13.0. The summed E-state index contributed by atoms with van der Waals surface area (Å²) in [6, 6.07) is 6.86. The molecule has 0 saturated carbocycles. The number of hydrogen-bond donors (Lipinski definition) is 1. The fourth-order valence-electron chi connectivity index (χ4n) is 3.08. The SMILES string of the molecule is CCN(CCC(C)C1CCCNC1)c1ccc(F)cc1. The van der Waals surface area contributed by atoms with Gasteiger partial charge in [-0.1, -0.05) is 6.92 Å². The first-order valence-electron chi connectivity index (χ1n) is 7.92. The van der Waals surface area contributed by atoms with E-state index in [1.165, 1.54) is 32.4 Å². The van der Waals surface area contributed by atoms with E-state index in [-0.39, 0.29) is 5.82 Å². The lowest BCUT2D eigenvalue weighted by molar-refractivity contribution is 0.269. The minimum atomic E-state index is -0.161. The molecule has 0 radical (unpaired) electrons. The summed E-state index contributed by atoms with van der Waals surface area (Å²) < 4.78 is 13.0. The summed E-state index contributed by atoms with van der Waals surface area (Å²) in [6.07, 6.45) is 3.87. The van der Waals surface area contributed by atoms with Crippen molar-refractivity contribution in [3.63, 3.8) is 0 Å².